The van der Waals surface area contributed by atoms with E-state index in [1.54, 1.807) is 4.90 Å². The van der Waals surface area contributed by atoms with Gasteiger partial charge in [-0.1, -0.05) is 0 Å². The normalized spacial score (nSPS) is 34.7. The second-order valence-electron chi connectivity index (χ2n) is 10.4. The Labute approximate surface area is 188 Å². The minimum absolute atomic E-state index is 0.136. The smallest absolute Gasteiger partial charge is 0.255 e. The molecule has 4 fully saturated rings. The highest BCUT2D eigenvalue weighted by atomic mass is 16.5. The summed E-state index contributed by atoms with van der Waals surface area (Å²) in [6, 6.07) is 5.64. The van der Waals surface area contributed by atoms with Crippen LogP contribution in [0.4, 0.5) is 0 Å². The topological polar surface area (TPSA) is 79.0 Å². The molecule has 1 aromatic carbocycles. The first-order valence-electron chi connectivity index (χ1n) is 12.2. The number of nitrogens with zero attached hydrogens (tertiary/aromatic N) is 2. The molecule has 7 nitrogen and oxygen atoms in total. The van der Waals surface area contributed by atoms with Gasteiger partial charge in [-0.25, -0.2) is 0 Å². The number of ether oxygens (including phenoxy) is 1. The maximum atomic E-state index is 12.9. The molecule has 3 unspecified atom stereocenters. The maximum Gasteiger partial charge on any atom is 0.255 e. The van der Waals surface area contributed by atoms with E-state index >= 15 is 0 Å². The van der Waals surface area contributed by atoms with E-state index in [2.05, 4.69) is 10.2 Å². The average Bonchev–Trinajstić information content (AvgIpc) is 3.46. The predicted molar refractivity (Wildman–Crippen MR) is 117 cm³/mol. The summed E-state index contributed by atoms with van der Waals surface area (Å²) in [5.74, 6) is 1.79. The lowest BCUT2D eigenvalue weighted by Gasteiger charge is -2.38. The minimum atomic E-state index is -0.578. The zero-order chi connectivity index (χ0) is 21.8. The Morgan fingerprint density at radius 3 is 2.56 bits per heavy atom. The van der Waals surface area contributed by atoms with Crippen LogP contribution in [0.15, 0.2) is 18.2 Å². The highest BCUT2D eigenvalue weighted by Crippen LogP contribution is 2.40. The quantitative estimate of drug-likeness (QED) is 0.733. The second kappa shape index (κ2) is 7.87. The van der Waals surface area contributed by atoms with Crippen molar-refractivity contribution < 1.29 is 19.1 Å². The van der Waals surface area contributed by atoms with Crippen molar-refractivity contribution in [1.82, 2.24) is 15.1 Å². The third-order valence-corrected chi connectivity index (χ3v) is 8.30. The van der Waals surface area contributed by atoms with Crippen LogP contribution >= 0.6 is 0 Å². The van der Waals surface area contributed by atoms with E-state index in [0.717, 1.165) is 29.6 Å². The third kappa shape index (κ3) is 3.51. The van der Waals surface area contributed by atoms with Gasteiger partial charge in [0.25, 0.3) is 5.91 Å². The van der Waals surface area contributed by atoms with E-state index in [0.29, 0.717) is 24.6 Å². The SMILES string of the molecule is O=C1CCC(N2Cc3cc(O[C@H]4CCC[C@@H]4N4CC5CCC(C5)C4)ccc3C2=O)C(=O)N1. The average molecular weight is 438 g/mol. The Hall–Kier alpha value is -2.41. The first-order valence-corrected chi connectivity index (χ1v) is 12.2. The van der Waals surface area contributed by atoms with Gasteiger partial charge >= 0.3 is 0 Å². The van der Waals surface area contributed by atoms with E-state index < -0.39 is 6.04 Å². The molecular formula is C25H31N3O4. The molecule has 0 spiro atoms. The van der Waals surface area contributed by atoms with Gasteiger partial charge < -0.3 is 9.64 Å². The van der Waals surface area contributed by atoms with Crippen molar-refractivity contribution in [1.29, 1.82) is 0 Å². The Morgan fingerprint density at radius 2 is 1.78 bits per heavy atom. The molecule has 170 valence electrons. The van der Waals surface area contributed by atoms with Crippen LogP contribution in [0, 0.1) is 11.8 Å². The molecule has 0 aromatic heterocycles. The minimum Gasteiger partial charge on any atom is -0.489 e. The Kier molecular flexibility index (Phi) is 4.97. The Morgan fingerprint density at radius 1 is 0.969 bits per heavy atom. The standard InChI is InChI=1S/C25H31N3O4/c29-23-9-8-21(24(30)26-23)28-14-17-11-18(6-7-19(17)25(28)31)32-22-3-1-2-20(22)27-12-15-4-5-16(10-15)13-27/h6-7,11,15-16,20-22H,1-5,8-10,12-14H2,(H,26,29,30)/t15?,16?,20-,21?,22-/m0/s1. The van der Waals surface area contributed by atoms with Crippen LogP contribution in [-0.4, -0.2) is 58.8 Å². The van der Waals surface area contributed by atoms with Crippen molar-refractivity contribution >= 4 is 17.7 Å². The number of carbonyl (C=O) groups is 3. The van der Waals surface area contributed by atoms with Crippen molar-refractivity contribution in [2.75, 3.05) is 13.1 Å². The van der Waals surface area contributed by atoms with Crippen molar-refractivity contribution in [3.8, 4) is 5.75 Å². The lowest BCUT2D eigenvalue weighted by atomic mass is 9.96. The van der Waals surface area contributed by atoms with Crippen LogP contribution in [0.2, 0.25) is 0 Å². The molecule has 2 saturated heterocycles. The zero-order valence-electron chi connectivity index (χ0n) is 18.4. The molecule has 1 N–H and O–H groups in total. The number of nitrogens with one attached hydrogen (secondary N) is 1. The lowest BCUT2D eigenvalue weighted by molar-refractivity contribution is -0.136. The van der Waals surface area contributed by atoms with E-state index in [-0.39, 0.29) is 30.2 Å². The summed E-state index contributed by atoms with van der Waals surface area (Å²) >= 11 is 0. The molecule has 2 aliphatic carbocycles. The molecule has 2 saturated carbocycles. The van der Waals surface area contributed by atoms with Crippen molar-refractivity contribution in [2.24, 2.45) is 11.8 Å². The number of fused-ring (bicyclic) bond motifs is 3. The Bertz CT molecular complexity index is 951. The van der Waals surface area contributed by atoms with Crippen LogP contribution < -0.4 is 10.1 Å². The fourth-order valence-electron chi connectivity index (χ4n) is 6.78. The summed E-state index contributed by atoms with van der Waals surface area (Å²) in [6.07, 6.45) is 8.54. The number of amides is 3. The highest BCUT2D eigenvalue weighted by molar-refractivity contribution is 6.05. The first kappa shape index (κ1) is 20.2. The summed E-state index contributed by atoms with van der Waals surface area (Å²) in [7, 11) is 0. The lowest BCUT2D eigenvalue weighted by Crippen LogP contribution is -2.52. The molecule has 1 aromatic rings. The molecule has 5 aliphatic rings. The molecule has 6 rings (SSSR count). The maximum absolute atomic E-state index is 12.9. The summed E-state index contributed by atoms with van der Waals surface area (Å²) in [5.41, 5.74) is 1.54. The monoisotopic (exact) mass is 437 g/mol. The van der Waals surface area contributed by atoms with Gasteiger partial charge in [-0.2, -0.15) is 0 Å². The molecule has 3 aliphatic heterocycles. The molecule has 32 heavy (non-hydrogen) atoms. The van der Waals surface area contributed by atoms with Gasteiger partial charge in [0.15, 0.2) is 0 Å². The number of hydrogen-bond donors (Lipinski definition) is 1. The fraction of sp³-hybridized carbons (Fsp3) is 0.640. The first-order chi connectivity index (χ1) is 15.5. The number of rotatable bonds is 4. The second-order valence-corrected chi connectivity index (χ2v) is 10.4. The van der Waals surface area contributed by atoms with Crippen LogP contribution in [-0.2, 0) is 16.1 Å². The van der Waals surface area contributed by atoms with E-state index in [9.17, 15) is 14.4 Å². The van der Waals surface area contributed by atoms with Gasteiger partial charge in [-0.15, -0.1) is 0 Å². The van der Waals surface area contributed by atoms with Gasteiger partial charge in [0, 0.05) is 37.7 Å². The molecule has 2 bridgehead atoms. The van der Waals surface area contributed by atoms with Gasteiger partial charge in [0.2, 0.25) is 11.8 Å². The zero-order valence-corrected chi connectivity index (χ0v) is 18.4. The number of piperidine rings is 2. The largest absolute Gasteiger partial charge is 0.489 e. The molecule has 3 heterocycles. The van der Waals surface area contributed by atoms with E-state index in [1.807, 2.05) is 18.2 Å². The van der Waals surface area contributed by atoms with Crippen molar-refractivity contribution in [3.63, 3.8) is 0 Å². The fourth-order valence-corrected chi connectivity index (χ4v) is 6.78. The molecule has 7 heteroatoms. The number of carbonyl (C=O) groups excluding carboxylic acids is 3. The highest BCUT2D eigenvalue weighted by Gasteiger charge is 2.42. The van der Waals surface area contributed by atoms with E-state index in [4.69, 9.17) is 4.74 Å². The number of hydrogen-bond acceptors (Lipinski definition) is 5. The van der Waals surface area contributed by atoms with Crippen LogP contribution in [0.1, 0.15) is 67.3 Å². The summed E-state index contributed by atoms with van der Waals surface area (Å²) in [4.78, 5) is 40.9. The Balaban J connectivity index is 1.15. The molecular weight excluding hydrogens is 406 g/mol. The number of likely N-dealkylation sites (tertiary alicyclic amines) is 1. The van der Waals surface area contributed by atoms with Crippen molar-refractivity contribution in [2.45, 2.75) is 76.1 Å². The number of benzene rings is 1. The summed E-state index contributed by atoms with van der Waals surface area (Å²) in [6.45, 7) is 2.84. The van der Waals surface area contributed by atoms with Gasteiger partial charge in [0.1, 0.15) is 17.9 Å². The van der Waals surface area contributed by atoms with Crippen molar-refractivity contribution in [3.05, 3.63) is 29.3 Å². The molecule has 0 radical (unpaired) electrons. The summed E-state index contributed by atoms with van der Waals surface area (Å²) in [5, 5.41) is 2.36. The molecule has 3 amide bonds. The number of imide groups is 1. The van der Waals surface area contributed by atoms with Crippen LogP contribution in [0.5, 0.6) is 5.75 Å². The van der Waals surface area contributed by atoms with Gasteiger partial charge in [-0.05, 0) is 80.5 Å². The van der Waals surface area contributed by atoms with Crippen LogP contribution in [0.3, 0.4) is 0 Å². The predicted octanol–water partition coefficient (Wildman–Crippen LogP) is 2.48. The molecule has 5 atom stereocenters. The summed E-state index contributed by atoms with van der Waals surface area (Å²) < 4.78 is 6.51. The van der Waals surface area contributed by atoms with Crippen LogP contribution in [0.25, 0.3) is 0 Å². The van der Waals surface area contributed by atoms with Gasteiger partial charge in [0.05, 0.1) is 0 Å². The third-order valence-electron chi connectivity index (χ3n) is 8.30. The van der Waals surface area contributed by atoms with Gasteiger partial charge in [-0.3, -0.25) is 24.6 Å². The van der Waals surface area contributed by atoms with E-state index in [1.165, 1.54) is 45.2 Å².